The third kappa shape index (κ3) is 4.08. The molecule has 1 rings (SSSR count). The molecule has 1 aromatic rings. The predicted octanol–water partition coefficient (Wildman–Crippen LogP) is 2.60. The van der Waals surface area contributed by atoms with Crippen molar-refractivity contribution in [3.05, 3.63) is 29.8 Å². The zero-order chi connectivity index (χ0) is 12.9. The van der Waals surface area contributed by atoms with Crippen LogP contribution in [0.25, 0.3) is 0 Å². The van der Waals surface area contributed by atoms with Gasteiger partial charge in [0.25, 0.3) is 0 Å². The number of nitriles is 1. The summed E-state index contributed by atoms with van der Waals surface area (Å²) < 4.78 is 5.71. The molecule has 2 N–H and O–H groups in total. The van der Waals surface area contributed by atoms with Crippen LogP contribution in [-0.4, -0.2) is 12.6 Å². The lowest BCUT2D eigenvalue weighted by Gasteiger charge is -2.22. The van der Waals surface area contributed by atoms with Crippen molar-refractivity contribution in [3.8, 4) is 11.8 Å². The van der Waals surface area contributed by atoms with Crippen LogP contribution < -0.4 is 10.5 Å². The summed E-state index contributed by atoms with van der Waals surface area (Å²) in [5.41, 5.74) is 6.74. The van der Waals surface area contributed by atoms with Crippen LogP contribution in [0.2, 0.25) is 0 Å². The monoisotopic (exact) mass is 232 g/mol. The summed E-state index contributed by atoms with van der Waals surface area (Å²) in [7, 11) is 0. The molecule has 0 aliphatic carbocycles. The van der Waals surface area contributed by atoms with E-state index in [2.05, 4.69) is 26.8 Å². The Hall–Kier alpha value is -1.53. The van der Waals surface area contributed by atoms with Crippen LogP contribution in [0.15, 0.2) is 24.3 Å². The lowest BCUT2D eigenvalue weighted by molar-refractivity contribution is 0.298. The second kappa shape index (κ2) is 5.70. The number of rotatable bonds is 4. The highest BCUT2D eigenvalue weighted by molar-refractivity contribution is 5.38. The van der Waals surface area contributed by atoms with Crippen molar-refractivity contribution in [3.63, 3.8) is 0 Å². The van der Waals surface area contributed by atoms with E-state index < -0.39 is 6.04 Å². The first kappa shape index (κ1) is 13.5. The molecule has 92 valence electrons. The Morgan fingerprint density at radius 2 is 2.00 bits per heavy atom. The van der Waals surface area contributed by atoms with Gasteiger partial charge in [0.2, 0.25) is 0 Å². The zero-order valence-electron chi connectivity index (χ0n) is 10.7. The highest BCUT2D eigenvalue weighted by Crippen LogP contribution is 2.30. The van der Waals surface area contributed by atoms with Gasteiger partial charge in [-0.3, -0.25) is 0 Å². The molecule has 0 spiro atoms. The molecule has 1 aromatic carbocycles. The standard InChI is InChI=1S/C14H20N2O/c1-14(2,3)12-6-4-5-7-13(12)17-9-8-11(16)10-15/h4-7,11H,8-9,16H2,1-3H3. The molecule has 17 heavy (non-hydrogen) atoms. The number of hydrogen-bond acceptors (Lipinski definition) is 3. The van der Waals surface area contributed by atoms with Crippen molar-refractivity contribution in [1.82, 2.24) is 0 Å². The fourth-order valence-corrected chi connectivity index (χ4v) is 1.57. The number of benzene rings is 1. The SMILES string of the molecule is CC(C)(C)c1ccccc1OCCC(N)C#N. The van der Waals surface area contributed by atoms with Crippen LogP contribution in [0, 0.1) is 11.3 Å². The third-order valence-electron chi connectivity index (χ3n) is 2.55. The van der Waals surface area contributed by atoms with E-state index >= 15 is 0 Å². The van der Waals surface area contributed by atoms with Crippen LogP contribution in [0.5, 0.6) is 5.75 Å². The van der Waals surface area contributed by atoms with Gasteiger partial charge in [0.15, 0.2) is 0 Å². The van der Waals surface area contributed by atoms with Gasteiger partial charge in [0.05, 0.1) is 18.7 Å². The highest BCUT2D eigenvalue weighted by atomic mass is 16.5. The van der Waals surface area contributed by atoms with Crippen molar-refractivity contribution in [2.45, 2.75) is 38.6 Å². The van der Waals surface area contributed by atoms with Crippen LogP contribution in [0.3, 0.4) is 0 Å². The van der Waals surface area contributed by atoms with Crippen molar-refractivity contribution in [1.29, 1.82) is 5.26 Å². The molecule has 3 nitrogen and oxygen atoms in total. The summed E-state index contributed by atoms with van der Waals surface area (Å²) in [5, 5.41) is 8.59. The topological polar surface area (TPSA) is 59.0 Å². The number of hydrogen-bond donors (Lipinski definition) is 1. The third-order valence-corrected chi connectivity index (χ3v) is 2.55. The van der Waals surface area contributed by atoms with Crippen molar-refractivity contribution in [2.24, 2.45) is 5.73 Å². The minimum Gasteiger partial charge on any atom is -0.493 e. The molecular weight excluding hydrogens is 212 g/mol. The van der Waals surface area contributed by atoms with E-state index in [0.717, 1.165) is 5.75 Å². The Balaban J connectivity index is 2.69. The molecular formula is C14H20N2O. The number of para-hydroxylation sites is 1. The number of nitrogens with two attached hydrogens (primary N) is 1. The molecule has 0 fully saturated rings. The lowest BCUT2D eigenvalue weighted by atomic mass is 9.86. The van der Waals surface area contributed by atoms with Gasteiger partial charge in [-0.15, -0.1) is 0 Å². The Morgan fingerprint density at radius 1 is 1.35 bits per heavy atom. The van der Waals surface area contributed by atoms with Crippen molar-refractivity contribution < 1.29 is 4.74 Å². The maximum absolute atomic E-state index is 8.59. The molecule has 1 unspecified atom stereocenters. The van der Waals surface area contributed by atoms with E-state index in [-0.39, 0.29) is 5.41 Å². The summed E-state index contributed by atoms with van der Waals surface area (Å²) >= 11 is 0. The fraction of sp³-hybridized carbons (Fsp3) is 0.500. The van der Waals surface area contributed by atoms with E-state index in [1.54, 1.807) is 0 Å². The van der Waals surface area contributed by atoms with Gasteiger partial charge in [0.1, 0.15) is 5.75 Å². The van der Waals surface area contributed by atoms with Crippen molar-refractivity contribution in [2.75, 3.05) is 6.61 Å². The van der Waals surface area contributed by atoms with E-state index in [0.29, 0.717) is 13.0 Å². The molecule has 0 aliphatic rings. The Morgan fingerprint density at radius 3 is 2.59 bits per heavy atom. The van der Waals surface area contributed by atoms with Gasteiger partial charge in [-0.05, 0) is 17.0 Å². The minimum atomic E-state index is -0.447. The summed E-state index contributed by atoms with van der Waals surface area (Å²) in [5.74, 6) is 0.880. The minimum absolute atomic E-state index is 0.0495. The van der Waals surface area contributed by atoms with Crippen LogP contribution in [-0.2, 0) is 5.41 Å². The largest absolute Gasteiger partial charge is 0.493 e. The van der Waals surface area contributed by atoms with Gasteiger partial charge in [0, 0.05) is 6.42 Å². The van der Waals surface area contributed by atoms with Gasteiger partial charge in [-0.1, -0.05) is 39.0 Å². The fourth-order valence-electron chi connectivity index (χ4n) is 1.57. The smallest absolute Gasteiger partial charge is 0.123 e. The Bertz CT molecular complexity index is 401. The summed E-state index contributed by atoms with van der Waals surface area (Å²) in [6.07, 6.45) is 0.551. The van der Waals surface area contributed by atoms with E-state index in [1.807, 2.05) is 24.3 Å². The second-order valence-corrected chi connectivity index (χ2v) is 5.12. The molecule has 0 heterocycles. The highest BCUT2D eigenvalue weighted by Gasteiger charge is 2.18. The molecule has 0 aliphatic heterocycles. The predicted molar refractivity (Wildman–Crippen MR) is 68.8 cm³/mol. The average Bonchev–Trinajstić information content (AvgIpc) is 2.28. The van der Waals surface area contributed by atoms with Gasteiger partial charge in [-0.25, -0.2) is 0 Å². The van der Waals surface area contributed by atoms with Crippen LogP contribution in [0.4, 0.5) is 0 Å². The van der Waals surface area contributed by atoms with Crippen LogP contribution in [0.1, 0.15) is 32.8 Å². The Kier molecular flexibility index (Phi) is 4.53. The van der Waals surface area contributed by atoms with Gasteiger partial charge in [-0.2, -0.15) is 5.26 Å². The quantitative estimate of drug-likeness (QED) is 0.868. The second-order valence-electron chi connectivity index (χ2n) is 5.12. The van der Waals surface area contributed by atoms with Gasteiger partial charge >= 0.3 is 0 Å². The molecule has 0 bridgehead atoms. The van der Waals surface area contributed by atoms with Crippen molar-refractivity contribution >= 4 is 0 Å². The number of ether oxygens (including phenoxy) is 1. The summed E-state index contributed by atoms with van der Waals surface area (Å²) in [6, 6.07) is 9.53. The molecule has 0 aromatic heterocycles. The number of nitrogens with zero attached hydrogens (tertiary/aromatic N) is 1. The molecule has 1 atom stereocenters. The van der Waals surface area contributed by atoms with Crippen LogP contribution >= 0.6 is 0 Å². The molecule has 0 radical (unpaired) electrons. The van der Waals surface area contributed by atoms with E-state index in [9.17, 15) is 0 Å². The summed E-state index contributed by atoms with van der Waals surface area (Å²) in [4.78, 5) is 0. The molecule has 0 amide bonds. The zero-order valence-corrected chi connectivity index (χ0v) is 10.7. The first-order valence-corrected chi connectivity index (χ1v) is 5.82. The molecule has 0 saturated carbocycles. The molecule has 3 heteroatoms. The lowest BCUT2D eigenvalue weighted by Crippen LogP contribution is -2.21. The first-order chi connectivity index (χ1) is 7.95. The average molecular weight is 232 g/mol. The normalized spacial score (nSPS) is 12.9. The van der Waals surface area contributed by atoms with Gasteiger partial charge < -0.3 is 10.5 Å². The maximum Gasteiger partial charge on any atom is 0.123 e. The van der Waals surface area contributed by atoms with E-state index in [1.165, 1.54) is 5.56 Å². The first-order valence-electron chi connectivity index (χ1n) is 5.82. The molecule has 0 saturated heterocycles. The Labute approximate surface area is 103 Å². The summed E-state index contributed by atoms with van der Waals surface area (Å²) in [6.45, 7) is 6.92. The van der Waals surface area contributed by atoms with E-state index in [4.69, 9.17) is 15.7 Å². The maximum atomic E-state index is 8.59.